The molecular formula is C11H22O3. The Kier molecular flexibility index (Phi) is 13.3. The number of rotatable bonds is 3. The molecule has 0 aliphatic carbocycles. The number of epoxide rings is 1. The SMILES string of the molecule is C=C(C)OC.C=COCC.CC1CO1. The van der Waals surface area contributed by atoms with Gasteiger partial charge in [-0.3, -0.25) is 0 Å². The number of methoxy groups -OCH3 is 1. The van der Waals surface area contributed by atoms with E-state index in [2.05, 4.69) is 29.6 Å². The van der Waals surface area contributed by atoms with Crippen LogP contribution >= 0.6 is 0 Å². The van der Waals surface area contributed by atoms with Crippen LogP contribution in [0, 0.1) is 0 Å². The third-order valence-corrected chi connectivity index (χ3v) is 1.13. The average molecular weight is 202 g/mol. The smallest absolute Gasteiger partial charge is 0.0853 e. The minimum atomic E-state index is 0.583. The Morgan fingerprint density at radius 3 is 2.00 bits per heavy atom. The molecule has 1 rings (SSSR count). The first-order valence-corrected chi connectivity index (χ1v) is 4.62. The van der Waals surface area contributed by atoms with Crippen molar-refractivity contribution in [1.29, 1.82) is 0 Å². The predicted molar refractivity (Wildman–Crippen MR) is 59.1 cm³/mol. The van der Waals surface area contributed by atoms with Gasteiger partial charge in [0.2, 0.25) is 0 Å². The van der Waals surface area contributed by atoms with Crippen molar-refractivity contribution in [3.05, 3.63) is 25.2 Å². The molecule has 0 N–H and O–H groups in total. The molecule has 0 amide bonds. The predicted octanol–water partition coefficient (Wildman–Crippen LogP) is 2.74. The third-order valence-electron chi connectivity index (χ3n) is 1.13. The Balaban J connectivity index is 0. The van der Waals surface area contributed by atoms with Crippen LogP contribution in [-0.2, 0) is 14.2 Å². The van der Waals surface area contributed by atoms with E-state index < -0.39 is 0 Å². The molecule has 84 valence electrons. The quantitative estimate of drug-likeness (QED) is 0.521. The third kappa shape index (κ3) is 30.5. The summed E-state index contributed by atoms with van der Waals surface area (Å²) in [6, 6.07) is 0. The largest absolute Gasteiger partial charge is 0.502 e. The summed E-state index contributed by atoms with van der Waals surface area (Å²) < 4.78 is 13.9. The van der Waals surface area contributed by atoms with Crippen molar-refractivity contribution in [1.82, 2.24) is 0 Å². The van der Waals surface area contributed by atoms with Crippen molar-refractivity contribution < 1.29 is 14.2 Å². The molecule has 1 saturated heterocycles. The van der Waals surface area contributed by atoms with Gasteiger partial charge < -0.3 is 14.2 Å². The summed E-state index contributed by atoms with van der Waals surface area (Å²) in [6.07, 6.45) is 2.01. The highest BCUT2D eigenvalue weighted by Gasteiger charge is 2.13. The molecule has 14 heavy (non-hydrogen) atoms. The van der Waals surface area contributed by atoms with Crippen molar-refractivity contribution in [2.75, 3.05) is 20.3 Å². The molecule has 0 aromatic heterocycles. The van der Waals surface area contributed by atoms with Crippen LogP contribution in [0.3, 0.4) is 0 Å². The molecule has 1 heterocycles. The Labute approximate surface area is 87.4 Å². The topological polar surface area (TPSA) is 31.0 Å². The molecule has 1 fully saturated rings. The van der Waals surface area contributed by atoms with Gasteiger partial charge in [-0.1, -0.05) is 13.2 Å². The van der Waals surface area contributed by atoms with Gasteiger partial charge in [0.05, 0.1) is 38.4 Å². The molecule has 0 radical (unpaired) electrons. The summed E-state index contributed by atoms with van der Waals surface area (Å²) in [5.41, 5.74) is 0. The van der Waals surface area contributed by atoms with Crippen molar-refractivity contribution >= 4 is 0 Å². The first-order valence-electron chi connectivity index (χ1n) is 4.62. The van der Waals surface area contributed by atoms with Gasteiger partial charge in [0.25, 0.3) is 0 Å². The normalized spacial score (nSPS) is 16.1. The number of hydrogen-bond acceptors (Lipinski definition) is 3. The van der Waals surface area contributed by atoms with E-state index in [4.69, 9.17) is 4.74 Å². The van der Waals surface area contributed by atoms with Crippen LogP contribution in [0.2, 0.25) is 0 Å². The second-order valence-electron chi connectivity index (χ2n) is 2.67. The lowest BCUT2D eigenvalue weighted by Gasteiger charge is -1.88. The van der Waals surface area contributed by atoms with E-state index in [0.717, 1.165) is 19.0 Å². The minimum Gasteiger partial charge on any atom is -0.502 e. The molecule has 1 unspecified atom stereocenters. The highest BCUT2D eigenvalue weighted by Crippen LogP contribution is 2.04. The molecule has 3 nitrogen and oxygen atoms in total. The summed E-state index contributed by atoms with van der Waals surface area (Å²) in [7, 11) is 1.60. The van der Waals surface area contributed by atoms with Gasteiger partial charge in [0.15, 0.2) is 0 Å². The van der Waals surface area contributed by atoms with Gasteiger partial charge in [-0.25, -0.2) is 0 Å². The molecule has 0 spiro atoms. The molecule has 3 heteroatoms. The van der Waals surface area contributed by atoms with Gasteiger partial charge >= 0.3 is 0 Å². The fourth-order valence-corrected chi connectivity index (χ4v) is 0.214. The lowest BCUT2D eigenvalue weighted by atomic mass is 10.6. The molecule has 0 bridgehead atoms. The van der Waals surface area contributed by atoms with Gasteiger partial charge in [-0.05, 0) is 20.8 Å². The number of allylic oxidation sites excluding steroid dienone is 1. The van der Waals surface area contributed by atoms with Crippen LogP contribution in [0.4, 0.5) is 0 Å². The highest BCUT2D eigenvalue weighted by molar-refractivity contribution is 4.71. The lowest BCUT2D eigenvalue weighted by molar-refractivity contribution is 0.270. The lowest BCUT2D eigenvalue weighted by Crippen LogP contribution is -1.72. The zero-order valence-corrected chi connectivity index (χ0v) is 9.71. The number of ether oxygens (including phenoxy) is 3. The molecule has 1 aliphatic heterocycles. The zero-order chi connectivity index (χ0) is 11.4. The monoisotopic (exact) mass is 202 g/mol. The van der Waals surface area contributed by atoms with Crippen LogP contribution in [0.1, 0.15) is 20.8 Å². The molecule has 1 aliphatic rings. The standard InChI is InChI=1S/2C4H8O.C3H6O/c1-4(2)5-3;1-3-5-4-2;1-3-2-4-3/h1H2,2-3H3;3H,1,4H2,2H3;3H,2H2,1H3. The molecule has 0 saturated carbocycles. The fourth-order valence-electron chi connectivity index (χ4n) is 0.214. The van der Waals surface area contributed by atoms with Crippen LogP contribution in [-0.4, -0.2) is 26.4 Å². The van der Waals surface area contributed by atoms with E-state index in [1.807, 2.05) is 6.92 Å². The molecule has 1 atom stereocenters. The summed E-state index contributed by atoms with van der Waals surface area (Å²) >= 11 is 0. The van der Waals surface area contributed by atoms with Crippen molar-refractivity contribution in [3.8, 4) is 0 Å². The average Bonchev–Trinajstić information content (AvgIpc) is 2.91. The minimum absolute atomic E-state index is 0.583. The Hall–Kier alpha value is -0.960. The van der Waals surface area contributed by atoms with E-state index in [0.29, 0.717) is 6.10 Å². The van der Waals surface area contributed by atoms with Gasteiger partial charge in [-0.15, -0.1) is 0 Å². The Bertz CT molecular complexity index is 139. The van der Waals surface area contributed by atoms with E-state index in [9.17, 15) is 0 Å². The van der Waals surface area contributed by atoms with Crippen LogP contribution < -0.4 is 0 Å². The van der Waals surface area contributed by atoms with Gasteiger partial charge in [-0.2, -0.15) is 0 Å². The van der Waals surface area contributed by atoms with E-state index in [-0.39, 0.29) is 0 Å². The maximum atomic E-state index is 4.71. The van der Waals surface area contributed by atoms with Gasteiger partial charge in [0.1, 0.15) is 0 Å². The summed E-state index contributed by atoms with van der Waals surface area (Å²) in [4.78, 5) is 0. The molecule has 0 aromatic rings. The Morgan fingerprint density at radius 1 is 1.64 bits per heavy atom. The fraction of sp³-hybridized carbons (Fsp3) is 0.636. The first kappa shape index (κ1) is 15.5. The van der Waals surface area contributed by atoms with Crippen molar-refractivity contribution in [2.24, 2.45) is 0 Å². The zero-order valence-electron chi connectivity index (χ0n) is 9.71. The molecular weight excluding hydrogens is 180 g/mol. The first-order chi connectivity index (χ1) is 6.58. The highest BCUT2D eigenvalue weighted by atomic mass is 16.6. The maximum Gasteiger partial charge on any atom is 0.0853 e. The van der Waals surface area contributed by atoms with E-state index >= 15 is 0 Å². The van der Waals surface area contributed by atoms with Crippen molar-refractivity contribution in [2.45, 2.75) is 26.9 Å². The van der Waals surface area contributed by atoms with E-state index in [1.54, 1.807) is 14.0 Å². The Morgan fingerprint density at radius 2 is 2.00 bits per heavy atom. The van der Waals surface area contributed by atoms with E-state index in [1.165, 1.54) is 6.26 Å². The maximum absolute atomic E-state index is 4.71. The summed E-state index contributed by atoms with van der Waals surface area (Å²) in [5, 5.41) is 0. The second-order valence-corrected chi connectivity index (χ2v) is 2.67. The summed E-state index contributed by atoms with van der Waals surface area (Å²) in [5.74, 6) is 0.755. The van der Waals surface area contributed by atoms with Crippen LogP contribution in [0.25, 0.3) is 0 Å². The van der Waals surface area contributed by atoms with Crippen LogP contribution in [0.15, 0.2) is 25.2 Å². The second kappa shape index (κ2) is 12.0. The summed E-state index contributed by atoms with van der Waals surface area (Å²) in [6.45, 7) is 14.3. The van der Waals surface area contributed by atoms with Crippen LogP contribution in [0.5, 0.6) is 0 Å². The van der Waals surface area contributed by atoms with Gasteiger partial charge in [0, 0.05) is 0 Å². The molecule has 0 aromatic carbocycles. The number of hydrogen-bond donors (Lipinski definition) is 0. The van der Waals surface area contributed by atoms with Crippen molar-refractivity contribution in [3.63, 3.8) is 0 Å².